The molecule has 0 radical (unpaired) electrons. The first-order valence-electron chi connectivity index (χ1n) is 6.40. The number of hydrogen-bond acceptors (Lipinski definition) is 2. The monoisotopic (exact) mass is 318 g/mol. The first-order chi connectivity index (χ1) is 8.97. The van der Waals surface area contributed by atoms with Gasteiger partial charge in [0.2, 0.25) is 0 Å². The lowest BCUT2D eigenvalue weighted by atomic mass is 9.91. The zero-order chi connectivity index (χ0) is 14.0. The minimum atomic E-state index is 0.0108. The van der Waals surface area contributed by atoms with Crippen LogP contribution in [0.2, 0.25) is 0 Å². The second-order valence-electron chi connectivity index (χ2n) is 5.13. The van der Waals surface area contributed by atoms with E-state index in [1.54, 1.807) is 6.20 Å². The van der Waals surface area contributed by atoms with Crippen LogP contribution in [0.25, 0.3) is 0 Å². The molecule has 0 aliphatic carbocycles. The van der Waals surface area contributed by atoms with Crippen LogP contribution in [0.15, 0.2) is 35.1 Å². The van der Waals surface area contributed by atoms with Crippen LogP contribution in [-0.4, -0.2) is 4.98 Å². The summed E-state index contributed by atoms with van der Waals surface area (Å²) < 4.78 is 0.995. The van der Waals surface area contributed by atoms with E-state index >= 15 is 0 Å². The van der Waals surface area contributed by atoms with E-state index in [1.807, 2.05) is 6.20 Å². The van der Waals surface area contributed by atoms with E-state index in [1.165, 1.54) is 22.3 Å². The Balaban J connectivity index is 2.28. The van der Waals surface area contributed by atoms with E-state index in [0.717, 1.165) is 16.5 Å². The number of pyridine rings is 1. The van der Waals surface area contributed by atoms with E-state index in [4.69, 9.17) is 5.73 Å². The van der Waals surface area contributed by atoms with Gasteiger partial charge in [-0.05, 0) is 71.4 Å². The summed E-state index contributed by atoms with van der Waals surface area (Å²) in [6, 6.07) is 6.48. The van der Waals surface area contributed by atoms with Crippen LogP contribution in [0.4, 0.5) is 0 Å². The van der Waals surface area contributed by atoms with E-state index in [2.05, 4.69) is 59.9 Å². The fourth-order valence-electron chi connectivity index (χ4n) is 2.70. The maximum absolute atomic E-state index is 6.39. The Morgan fingerprint density at radius 2 is 1.74 bits per heavy atom. The van der Waals surface area contributed by atoms with Crippen molar-refractivity contribution in [2.24, 2.45) is 5.73 Å². The van der Waals surface area contributed by atoms with Crippen LogP contribution in [0.3, 0.4) is 0 Å². The quantitative estimate of drug-likeness (QED) is 0.928. The number of rotatable bonds is 3. The molecule has 1 aromatic heterocycles. The van der Waals surface area contributed by atoms with Crippen LogP contribution in [0, 0.1) is 20.8 Å². The molecule has 0 amide bonds. The van der Waals surface area contributed by atoms with Gasteiger partial charge in [0.25, 0.3) is 0 Å². The van der Waals surface area contributed by atoms with Crippen molar-refractivity contribution in [2.75, 3.05) is 0 Å². The molecule has 0 spiro atoms. The smallest absolute Gasteiger partial charge is 0.0410 e. The van der Waals surface area contributed by atoms with Gasteiger partial charge in [-0.3, -0.25) is 4.98 Å². The molecule has 2 rings (SSSR count). The molecule has 1 aromatic carbocycles. The molecule has 19 heavy (non-hydrogen) atoms. The molecule has 2 aromatic rings. The second-order valence-corrected chi connectivity index (χ2v) is 6.05. The molecular weight excluding hydrogens is 300 g/mol. The molecule has 1 unspecified atom stereocenters. The summed E-state index contributed by atoms with van der Waals surface area (Å²) in [6.07, 6.45) is 4.47. The summed E-state index contributed by atoms with van der Waals surface area (Å²) in [6.45, 7) is 6.39. The average molecular weight is 319 g/mol. The van der Waals surface area contributed by atoms with Gasteiger partial charge in [0.1, 0.15) is 0 Å². The molecule has 0 fully saturated rings. The van der Waals surface area contributed by atoms with Crippen molar-refractivity contribution in [3.8, 4) is 0 Å². The molecule has 100 valence electrons. The topological polar surface area (TPSA) is 38.9 Å². The highest BCUT2D eigenvalue weighted by molar-refractivity contribution is 9.10. The minimum absolute atomic E-state index is 0.0108. The Morgan fingerprint density at radius 1 is 1.11 bits per heavy atom. The van der Waals surface area contributed by atoms with Crippen molar-refractivity contribution in [1.29, 1.82) is 0 Å². The molecular formula is C16H19BrN2. The second kappa shape index (κ2) is 5.85. The van der Waals surface area contributed by atoms with Gasteiger partial charge in [-0.25, -0.2) is 0 Å². The molecule has 1 atom stereocenters. The van der Waals surface area contributed by atoms with E-state index in [0.29, 0.717) is 0 Å². The highest BCUT2D eigenvalue weighted by Crippen LogP contribution is 2.25. The fourth-order valence-corrected chi connectivity index (χ4v) is 3.11. The third kappa shape index (κ3) is 3.43. The first-order valence-corrected chi connectivity index (χ1v) is 7.19. The number of nitrogens with zero attached hydrogens (tertiary/aromatic N) is 1. The molecule has 2 nitrogen and oxygen atoms in total. The zero-order valence-corrected chi connectivity index (χ0v) is 13.2. The molecule has 0 aliphatic heterocycles. The van der Waals surface area contributed by atoms with Crippen molar-refractivity contribution in [3.05, 3.63) is 62.9 Å². The summed E-state index contributed by atoms with van der Waals surface area (Å²) in [7, 11) is 0. The molecule has 0 bridgehead atoms. The summed E-state index contributed by atoms with van der Waals surface area (Å²) in [5.41, 5.74) is 12.6. The minimum Gasteiger partial charge on any atom is -0.324 e. The third-order valence-electron chi connectivity index (χ3n) is 3.33. The lowest BCUT2D eigenvalue weighted by Gasteiger charge is -2.18. The molecule has 0 aliphatic rings. The average Bonchev–Trinajstić information content (AvgIpc) is 2.27. The van der Waals surface area contributed by atoms with Gasteiger partial charge in [0.15, 0.2) is 0 Å². The fraction of sp³-hybridized carbons (Fsp3) is 0.312. The van der Waals surface area contributed by atoms with Gasteiger partial charge in [0, 0.05) is 22.9 Å². The summed E-state index contributed by atoms with van der Waals surface area (Å²) >= 11 is 3.44. The van der Waals surface area contributed by atoms with Crippen LogP contribution in [-0.2, 0) is 6.42 Å². The number of aryl methyl sites for hydroxylation is 3. The molecule has 2 N–H and O–H groups in total. The number of halogens is 1. The predicted molar refractivity (Wildman–Crippen MR) is 83.2 cm³/mol. The van der Waals surface area contributed by atoms with Crippen molar-refractivity contribution in [3.63, 3.8) is 0 Å². The molecule has 0 saturated heterocycles. The Hall–Kier alpha value is -1.19. The number of benzene rings is 1. The van der Waals surface area contributed by atoms with E-state index < -0.39 is 0 Å². The lowest BCUT2D eigenvalue weighted by molar-refractivity contribution is 0.708. The Morgan fingerprint density at radius 3 is 2.32 bits per heavy atom. The third-order valence-corrected chi connectivity index (χ3v) is 3.76. The van der Waals surface area contributed by atoms with Crippen molar-refractivity contribution in [1.82, 2.24) is 4.98 Å². The summed E-state index contributed by atoms with van der Waals surface area (Å²) in [5, 5.41) is 0. The van der Waals surface area contributed by atoms with Crippen molar-refractivity contribution in [2.45, 2.75) is 33.2 Å². The molecule has 3 heteroatoms. The van der Waals surface area contributed by atoms with Crippen LogP contribution < -0.4 is 5.73 Å². The van der Waals surface area contributed by atoms with Crippen LogP contribution >= 0.6 is 15.9 Å². The summed E-state index contributed by atoms with van der Waals surface area (Å²) in [5.74, 6) is 0. The van der Waals surface area contributed by atoms with E-state index in [-0.39, 0.29) is 6.04 Å². The van der Waals surface area contributed by atoms with Crippen molar-refractivity contribution >= 4 is 15.9 Å². The van der Waals surface area contributed by atoms with Crippen molar-refractivity contribution < 1.29 is 0 Å². The Kier molecular flexibility index (Phi) is 4.38. The van der Waals surface area contributed by atoms with Gasteiger partial charge < -0.3 is 5.73 Å². The SMILES string of the molecule is Cc1cc(C)c(C(N)Cc2cncc(Br)c2)c(C)c1. The molecule has 1 heterocycles. The van der Waals surface area contributed by atoms with Crippen LogP contribution in [0.5, 0.6) is 0 Å². The van der Waals surface area contributed by atoms with Gasteiger partial charge in [-0.2, -0.15) is 0 Å². The number of aromatic nitrogens is 1. The van der Waals surface area contributed by atoms with Crippen LogP contribution in [0.1, 0.15) is 33.9 Å². The molecule has 0 saturated carbocycles. The maximum atomic E-state index is 6.39. The normalized spacial score (nSPS) is 12.5. The predicted octanol–water partition coefficient (Wildman–Crippen LogP) is 4.01. The zero-order valence-electron chi connectivity index (χ0n) is 11.6. The van der Waals surface area contributed by atoms with E-state index in [9.17, 15) is 0 Å². The first kappa shape index (κ1) is 14.2. The highest BCUT2D eigenvalue weighted by Gasteiger charge is 2.13. The van der Waals surface area contributed by atoms with Gasteiger partial charge in [-0.1, -0.05) is 17.7 Å². The number of nitrogens with two attached hydrogens (primary N) is 1. The summed E-state index contributed by atoms with van der Waals surface area (Å²) in [4.78, 5) is 4.19. The highest BCUT2D eigenvalue weighted by atomic mass is 79.9. The largest absolute Gasteiger partial charge is 0.324 e. The lowest BCUT2D eigenvalue weighted by Crippen LogP contribution is -2.16. The van der Waals surface area contributed by atoms with Gasteiger partial charge in [0.05, 0.1) is 0 Å². The van der Waals surface area contributed by atoms with Gasteiger partial charge in [-0.15, -0.1) is 0 Å². The Labute approximate surface area is 123 Å². The standard InChI is InChI=1S/C16H19BrN2/c1-10-4-11(2)16(12(3)5-10)15(18)7-13-6-14(17)9-19-8-13/h4-6,8-9,15H,7,18H2,1-3H3. The van der Waals surface area contributed by atoms with Gasteiger partial charge >= 0.3 is 0 Å². The maximum Gasteiger partial charge on any atom is 0.0410 e. The number of hydrogen-bond donors (Lipinski definition) is 1. The Bertz CT molecular complexity index is 570.